The van der Waals surface area contributed by atoms with Gasteiger partial charge < -0.3 is 19.9 Å². The fourth-order valence-electron chi connectivity index (χ4n) is 2.18. The number of rotatable bonds is 8. The Morgan fingerprint density at radius 2 is 2.04 bits per heavy atom. The van der Waals surface area contributed by atoms with Gasteiger partial charge in [0, 0.05) is 25.3 Å². The van der Waals surface area contributed by atoms with E-state index in [1.165, 1.54) is 11.8 Å². The van der Waals surface area contributed by atoms with Crippen LogP contribution < -0.4 is 10.6 Å². The average molecular weight is 391 g/mol. The third-order valence-corrected chi connectivity index (χ3v) is 4.52. The van der Waals surface area contributed by atoms with Crippen molar-refractivity contribution in [2.45, 2.75) is 18.5 Å². The lowest BCUT2D eigenvalue weighted by atomic mass is 10.2. The number of nitrogens with one attached hydrogen (secondary N) is 2. The van der Waals surface area contributed by atoms with Gasteiger partial charge in [0.1, 0.15) is 12.2 Å². The van der Waals surface area contributed by atoms with E-state index in [2.05, 4.69) is 20.8 Å². The molecule has 27 heavy (non-hydrogen) atoms. The van der Waals surface area contributed by atoms with Crippen molar-refractivity contribution in [1.82, 2.24) is 20.1 Å². The first-order valence-corrected chi connectivity index (χ1v) is 9.21. The Kier molecular flexibility index (Phi) is 7.35. The number of amides is 2. The molecule has 1 heterocycles. The monoisotopic (exact) mass is 391 g/mol. The third-order valence-electron chi connectivity index (χ3n) is 3.50. The molecule has 1 aromatic heterocycles. The summed E-state index contributed by atoms with van der Waals surface area (Å²) in [6.07, 6.45) is 0.0242. The van der Waals surface area contributed by atoms with Crippen LogP contribution in [0.2, 0.25) is 0 Å². The Labute approximate surface area is 160 Å². The number of benzene rings is 1. The summed E-state index contributed by atoms with van der Waals surface area (Å²) >= 11 is 1.20. The van der Waals surface area contributed by atoms with E-state index in [1.54, 1.807) is 49.9 Å². The zero-order chi connectivity index (χ0) is 19.8. The number of aromatic nitrogens is 3. The number of hydrogen-bond acceptors (Lipinski definition) is 7. The van der Waals surface area contributed by atoms with E-state index < -0.39 is 0 Å². The maximum Gasteiger partial charge on any atom is 0.313 e. The lowest BCUT2D eigenvalue weighted by Gasteiger charge is -2.07. The molecule has 0 bridgehead atoms. The molecule has 144 valence electrons. The summed E-state index contributed by atoms with van der Waals surface area (Å²) in [5.41, 5.74) is 0.988. The highest BCUT2D eigenvalue weighted by Gasteiger charge is 2.15. The highest BCUT2D eigenvalue weighted by atomic mass is 32.2. The molecule has 0 unspecified atom stereocenters. The quantitative estimate of drug-likeness (QED) is 0.510. The van der Waals surface area contributed by atoms with Crippen molar-refractivity contribution in [2.75, 3.05) is 24.7 Å². The molecule has 2 N–H and O–H groups in total. The summed E-state index contributed by atoms with van der Waals surface area (Å²) in [7, 11) is 3.27. The van der Waals surface area contributed by atoms with Crippen molar-refractivity contribution in [1.29, 1.82) is 0 Å². The van der Waals surface area contributed by atoms with Crippen molar-refractivity contribution >= 4 is 35.2 Å². The molecule has 0 saturated heterocycles. The maximum absolute atomic E-state index is 12.2. The molecule has 0 atom stereocenters. The summed E-state index contributed by atoms with van der Waals surface area (Å²) in [4.78, 5) is 35.3. The summed E-state index contributed by atoms with van der Waals surface area (Å²) in [6, 6.07) is 6.65. The Hall–Kier alpha value is -2.88. The molecule has 0 fully saturated rings. The molecule has 0 aliphatic rings. The molecule has 0 aliphatic carbocycles. The van der Waals surface area contributed by atoms with Gasteiger partial charge in [0.05, 0.1) is 12.4 Å². The molecular weight excluding hydrogens is 370 g/mol. The molecule has 2 aromatic rings. The second-order valence-electron chi connectivity index (χ2n) is 5.44. The molecule has 9 nitrogen and oxygen atoms in total. The van der Waals surface area contributed by atoms with E-state index in [4.69, 9.17) is 4.74 Å². The van der Waals surface area contributed by atoms with Crippen molar-refractivity contribution in [2.24, 2.45) is 7.05 Å². The van der Waals surface area contributed by atoms with Crippen LogP contribution in [0.3, 0.4) is 0 Å². The van der Waals surface area contributed by atoms with Gasteiger partial charge in [-0.2, -0.15) is 0 Å². The van der Waals surface area contributed by atoms with Crippen LogP contribution in [0.1, 0.15) is 23.1 Å². The minimum absolute atomic E-state index is 0.0242. The minimum atomic E-state index is -0.377. The molecular formula is C17H21N5O4S. The van der Waals surface area contributed by atoms with Crippen LogP contribution in [0.4, 0.5) is 5.69 Å². The van der Waals surface area contributed by atoms with Crippen LogP contribution in [0.5, 0.6) is 0 Å². The Bertz CT molecular complexity index is 836. The maximum atomic E-state index is 12.2. The molecule has 1 aromatic carbocycles. The van der Waals surface area contributed by atoms with Crippen molar-refractivity contribution in [3.8, 4) is 0 Å². The van der Waals surface area contributed by atoms with Crippen LogP contribution in [0.15, 0.2) is 29.4 Å². The van der Waals surface area contributed by atoms with E-state index in [0.29, 0.717) is 28.8 Å². The van der Waals surface area contributed by atoms with Gasteiger partial charge in [-0.15, -0.1) is 10.2 Å². The van der Waals surface area contributed by atoms with E-state index >= 15 is 0 Å². The zero-order valence-corrected chi connectivity index (χ0v) is 16.1. The number of thioether (sulfide) groups is 1. The van der Waals surface area contributed by atoms with Gasteiger partial charge in [0.25, 0.3) is 5.91 Å². The van der Waals surface area contributed by atoms with Gasteiger partial charge in [-0.25, -0.2) is 0 Å². The minimum Gasteiger partial charge on any atom is -0.466 e. The molecule has 0 spiro atoms. The zero-order valence-electron chi connectivity index (χ0n) is 15.3. The fourth-order valence-corrected chi connectivity index (χ4v) is 2.91. The molecule has 0 aliphatic heterocycles. The molecule has 0 saturated carbocycles. The summed E-state index contributed by atoms with van der Waals surface area (Å²) in [5, 5.41) is 13.7. The van der Waals surface area contributed by atoms with Gasteiger partial charge >= 0.3 is 5.97 Å². The van der Waals surface area contributed by atoms with Crippen molar-refractivity contribution < 1.29 is 19.1 Å². The SMILES string of the molecule is CCOC(=O)Cc1nnc(SCC(=O)Nc2cccc(C(=O)NC)c2)n1C. The highest BCUT2D eigenvalue weighted by Crippen LogP contribution is 2.17. The largest absolute Gasteiger partial charge is 0.466 e. The van der Waals surface area contributed by atoms with Crippen molar-refractivity contribution in [3.63, 3.8) is 0 Å². The molecule has 0 radical (unpaired) electrons. The van der Waals surface area contributed by atoms with Crippen molar-refractivity contribution in [3.05, 3.63) is 35.7 Å². The Balaban J connectivity index is 1.92. The van der Waals surface area contributed by atoms with Gasteiger partial charge in [0.15, 0.2) is 5.16 Å². The first kappa shape index (κ1) is 20.4. The van der Waals surface area contributed by atoms with Gasteiger partial charge in [0.2, 0.25) is 5.91 Å². The standard InChI is InChI=1S/C17H21N5O4S/c1-4-26-15(24)9-13-20-21-17(22(13)3)27-10-14(23)19-12-7-5-6-11(8-12)16(25)18-2/h5-8H,4,9-10H2,1-3H3,(H,18,25)(H,19,23). The van der Waals surface area contributed by atoms with E-state index in [-0.39, 0.29) is 30.0 Å². The fraction of sp³-hybridized carbons (Fsp3) is 0.353. The summed E-state index contributed by atoms with van der Waals surface area (Å²) < 4.78 is 6.54. The topological polar surface area (TPSA) is 115 Å². The number of hydrogen-bond donors (Lipinski definition) is 2. The smallest absolute Gasteiger partial charge is 0.313 e. The van der Waals surface area contributed by atoms with E-state index in [0.717, 1.165) is 0 Å². The van der Waals surface area contributed by atoms with Crippen LogP contribution in [-0.2, 0) is 27.8 Å². The Morgan fingerprint density at radius 1 is 1.26 bits per heavy atom. The van der Waals surface area contributed by atoms with Crippen LogP contribution in [-0.4, -0.2) is 52.0 Å². The molecule has 2 amide bonds. The predicted molar refractivity (Wildman–Crippen MR) is 101 cm³/mol. The van der Waals surface area contributed by atoms with E-state index in [1.807, 2.05) is 0 Å². The second-order valence-corrected chi connectivity index (χ2v) is 6.38. The molecule has 2 rings (SSSR count). The van der Waals surface area contributed by atoms with Gasteiger partial charge in [-0.05, 0) is 25.1 Å². The second kappa shape index (κ2) is 9.72. The van der Waals surface area contributed by atoms with E-state index in [9.17, 15) is 14.4 Å². The lowest BCUT2D eigenvalue weighted by Crippen LogP contribution is -2.19. The van der Waals surface area contributed by atoms with Crippen LogP contribution >= 0.6 is 11.8 Å². The molecule has 10 heteroatoms. The predicted octanol–water partition coefficient (Wildman–Crippen LogP) is 1.01. The first-order chi connectivity index (χ1) is 12.9. The number of ether oxygens (including phenoxy) is 1. The average Bonchev–Trinajstić information content (AvgIpc) is 2.99. The first-order valence-electron chi connectivity index (χ1n) is 8.23. The highest BCUT2D eigenvalue weighted by molar-refractivity contribution is 7.99. The van der Waals surface area contributed by atoms with Crippen LogP contribution in [0, 0.1) is 0 Å². The van der Waals surface area contributed by atoms with Crippen LogP contribution in [0.25, 0.3) is 0 Å². The normalized spacial score (nSPS) is 10.3. The van der Waals surface area contributed by atoms with Gasteiger partial charge in [-0.1, -0.05) is 17.8 Å². The summed E-state index contributed by atoms with van der Waals surface area (Å²) in [5.74, 6) is -0.277. The number of esters is 1. The lowest BCUT2D eigenvalue weighted by molar-refractivity contribution is -0.142. The van der Waals surface area contributed by atoms with Gasteiger partial charge in [-0.3, -0.25) is 14.4 Å². The summed E-state index contributed by atoms with van der Waals surface area (Å²) in [6.45, 7) is 2.04. The number of anilines is 1. The third kappa shape index (κ3) is 5.81. The number of carbonyl (C=O) groups excluding carboxylic acids is 3. The Morgan fingerprint density at radius 3 is 2.74 bits per heavy atom. The number of carbonyl (C=O) groups is 3. The number of nitrogens with zero attached hydrogens (tertiary/aromatic N) is 3.